The Hall–Kier alpha value is -2.23. The molecule has 0 aromatic carbocycles. The summed E-state index contributed by atoms with van der Waals surface area (Å²) in [5.41, 5.74) is 2.12. The fraction of sp³-hybridized carbons (Fsp3) is 0.154. The van der Waals surface area contributed by atoms with E-state index in [1.54, 1.807) is 18.5 Å². The van der Waals surface area contributed by atoms with Gasteiger partial charge in [-0.15, -0.1) is 0 Å². The minimum Gasteiger partial charge on any atom is -0.487 e. The van der Waals surface area contributed by atoms with Crippen LogP contribution in [0, 0.1) is 6.92 Å². The molecule has 0 atom stereocenters. The smallest absolute Gasteiger partial charge is 0.172 e. The van der Waals surface area contributed by atoms with Crippen molar-refractivity contribution in [3.05, 3.63) is 53.6 Å². The first-order valence-electron chi connectivity index (χ1n) is 5.24. The Kier molecular flexibility index (Phi) is 3.45. The van der Waals surface area contributed by atoms with Gasteiger partial charge in [0.25, 0.3) is 0 Å². The van der Waals surface area contributed by atoms with E-state index in [0.717, 1.165) is 11.3 Å². The van der Waals surface area contributed by atoms with Gasteiger partial charge in [-0.25, -0.2) is 4.98 Å². The van der Waals surface area contributed by atoms with Gasteiger partial charge >= 0.3 is 0 Å². The Labute approximate surface area is 99.3 Å². The lowest BCUT2D eigenvalue weighted by molar-refractivity contribution is 0.111. The summed E-state index contributed by atoms with van der Waals surface area (Å²) in [6.45, 7) is 2.23. The standard InChI is InChI=1S/C13H12N2O2/c1-10-2-3-13(12(8-16)15-10)17-9-11-4-6-14-7-5-11/h2-8H,9H2,1H3. The normalized spacial score (nSPS) is 9.94. The van der Waals surface area contributed by atoms with Crippen LogP contribution < -0.4 is 4.74 Å². The van der Waals surface area contributed by atoms with Gasteiger partial charge in [0.05, 0.1) is 0 Å². The third-order valence-corrected chi connectivity index (χ3v) is 2.28. The van der Waals surface area contributed by atoms with Crippen LogP contribution in [0.5, 0.6) is 5.75 Å². The zero-order valence-corrected chi connectivity index (χ0v) is 9.46. The number of carbonyl (C=O) groups is 1. The summed E-state index contributed by atoms with van der Waals surface area (Å²) < 4.78 is 5.55. The molecule has 0 aliphatic rings. The van der Waals surface area contributed by atoms with E-state index in [-0.39, 0.29) is 0 Å². The molecule has 0 saturated carbocycles. The molecule has 0 amide bonds. The van der Waals surface area contributed by atoms with Crippen LogP contribution in [0.4, 0.5) is 0 Å². The molecule has 2 aromatic rings. The summed E-state index contributed by atoms with van der Waals surface area (Å²) in [6, 6.07) is 7.30. The minimum absolute atomic E-state index is 0.332. The first kappa shape index (κ1) is 11.3. The zero-order valence-electron chi connectivity index (χ0n) is 9.46. The highest BCUT2D eigenvalue weighted by atomic mass is 16.5. The number of aldehydes is 1. The number of hydrogen-bond acceptors (Lipinski definition) is 4. The van der Waals surface area contributed by atoms with E-state index < -0.39 is 0 Å². The maximum atomic E-state index is 10.8. The highest BCUT2D eigenvalue weighted by Crippen LogP contribution is 2.16. The van der Waals surface area contributed by atoms with Gasteiger partial charge in [0.1, 0.15) is 18.1 Å². The molecule has 0 aliphatic heterocycles. The Morgan fingerprint density at radius 3 is 2.71 bits per heavy atom. The third kappa shape index (κ3) is 2.87. The lowest BCUT2D eigenvalue weighted by Gasteiger charge is -2.08. The van der Waals surface area contributed by atoms with Gasteiger partial charge in [-0.2, -0.15) is 0 Å². The van der Waals surface area contributed by atoms with E-state index in [9.17, 15) is 4.79 Å². The van der Waals surface area contributed by atoms with E-state index >= 15 is 0 Å². The van der Waals surface area contributed by atoms with Crippen LogP contribution >= 0.6 is 0 Å². The number of aromatic nitrogens is 2. The number of pyridine rings is 2. The molecule has 2 heterocycles. The fourth-order valence-corrected chi connectivity index (χ4v) is 1.41. The Morgan fingerprint density at radius 2 is 2.00 bits per heavy atom. The van der Waals surface area contributed by atoms with Gasteiger partial charge in [0, 0.05) is 18.1 Å². The number of ether oxygens (including phenoxy) is 1. The predicted molar refractivity (Wildman–Crippen MR) is 62.9 cm³/mol. The molecule has 86 valence electrons. The SMILES string of the molecule is Cc1ccc(OCc2ccncc2)c(C=O)n1. The number of carbonyl (C=O) groups excluding carboxylic acids is 1. The summed E-state index contributed by atoms with van der Waals surface area (Å²) in [6.07, 6.45) is 4.11. The molecule has 4 nitrogen and oxygen atoms in total. The van der Waals surface area contributed by atoms with E-state index in [1.807, 2.05) is 25.1 Å². The van der Waals surface area contributed by atoms with Crippen LogP contribution in [0.15, 0.2) is 36.7 Å². The van der Waals surface area contributed by atoms with Crippen molar-refractivity contribution in [2.24, 2.45) is 0 Å². The average Bonchev–Trinajstić information content (AvgIpc) is 2.38. The van der Waals surface area contributed by atoms with E-state index in [1.165, 1.54) is 0 Å². The lowest BCUT2D eigenvalue weighted by atomic mass is 10.3. The topological polar surface area (TPSA) is 52.1 Å². The average molecular weight is 228 g/mol. The minimum atomic E-state index is 0.332. The molecule has 2 rings (SSSR count). The molecule has 0 bridgehead atoms. The largest absolute Gasteiger partial charge is 0.487 e. The molecule has 0 unspecified atom stereocenters. The van der Waals surface area contributed by atoms with Crippen LogP contribution in [-0.2, 0) is 6.61 Å². The van der Waals surface area contributed by atoms with Gasteiger partial charge < -0.3 is 4.74 Å². The van der Waals surface area contributed by atoms with Crippen molar-refractivity contribution in [1.82, 2.24) is 9.97 Å². The van der Waals surface area contributed by atoms with Crippen molar-refractivity contribution >= 4 is 6.29 Å². The van der Waals surface area contributed by atoms with E-state index in [4.69, 9.17) is 4.74 Å². The second-order valence-electron chi connectivity index (χ2n) is 3.60. The van der Waals surface area contributed by atoms with Crippen molar-refractivity contribution < 1.29 is 9.53 Å². The Bertz CT molecular complexity index is 512. The van der Waals surface area contributed by atoms with Crippen LogP contribution in [0.3, 0.4) is 0 Å². The summed E-state index contributed by atoms with van der Waals surface area (Å²) >= 11 is 0. The van der Waals surface area contributed by atoms with Crippen molar-refractivity contribution in [3.8, 4) is 5.75 Å². The van der Waals surface area contributed by atoms with Crippen LogP contribution in [0.2, 0.25) is 0 Å². The highest BCUT2D eigenvalue weighted by Gasteiger charge is 2.04. The van der Waals surface area contributed by atoms with Crippen molar-refractivity contribution in [1.29, 1.82) is 0 Å². The maximum absolute atomic E-state index is 10.8. The number of hydrogen-bond donors (Lipinski definition) is 0. The van der Waals surface area contributed by atoms with Crippen molar-refractivity contribution in [3.63, 3.8) is 0 Å². The lowest BCUT2D eigenvalue weighted by Crippen LogP contribution is -2.00. The number of aryl methyl sites for hydroxylation is 1. The maximum Gasteiger partial charge on any atom is 0.172 e. The molecule has 0 aliphatic carbocycles. The van der Waals surface area contributed by atoms with Crippen molar-refractivity contribution in [2.45, 2.75) is 13.5 Å². The monoisotopic (exact) mass is 228 g/mol. The quantitative estimate of drug-likeness (QED) is 0.752. The molecular formula is C13H12N2O2. The second-order valence-corrected chi connectivity index (χ2v) is 3.60. The number of nitrogens with zero attached hydrogens (tertiary/aromatic N) is 2. The van der Waals surface area contributed by atoms with Gasteiger partial charge in [-0.05, 0) is 36.8 Å². The molecule has 17 heavy (non-hydrogen) atoms. The van der Waals surface area contributed by atoms with Gasteiger partial charge in [-0.1, -0.05) is 0 Å². The zero-order chi connectivity index (χ0) is 12.1. The van der Waals surface area contributed by atoms with Crippen LogP contribution in [0.25, 0.3) is 0 Å². The number of rotatable bonds is 4. The molecule has 2 aromatic heterocycles. The first-order chi connectivity index (χ1) is 8.29. The van der Waals surface area contributed by atoms with Gasteiger partial charge in [0.2, 0.25) is 0 Å². The first-order valence-corrected chi connectivity index (χ1v) is 5.24. The van der Waals surface area contributed by atoms with E-state index in [2.05, 4.69) is 9.97 Å². The highest BCUT2D eigenvalue weighted by molar-refractivity contribution is 5.76. The summed E-state index contributed by atoms with van der Waals surface area (Å²) in [5, 5.41) is 0. The molecule has 0 fully saturated rings. The Balaban J connectivity index is 2.11. The molecule has 0 saturated heterocycles. The molecular weight excluding hydrogens is 216 g/mol. The molecule has 0 radical (unpaired) electrons. The third-order valence-electron chi connectivity index (χ3n) is 2.28. The van der Waals surface area contributed by atoms with Crippen LogP contribution in [-0.4, -0.2) is 16.3 Å². The summed E-state index contributed by atoms with van der Waals surface area (Å²) in [4.78, 5) is 18.9. The predicted octanol–water partition coefficient (Wildman–Crippen LogP) is 2.18. The summed E-state index contributed by atoms with van der Waals surface area (Å²) in [5.74, 6) is 0.502. The summed E-state index contributed by atoms with van der Waals surface area (Å²) in [7, 11) is 0. The van der Waals surface area contributed by atoms with E-state index in [0.29, 0.717) is 24.3 Å². The molecule has 0 spiro atoms. The van der Waals surface area contributed by atoms with Crippen LogP contribution in [0.1, 0.15) is 21.7 Å². The molecule has 0 N–H and O–H groups in total. The molecule has 4 heteroatoms. The van der Waals surface area contributed by atoms with Gasteiger partial charge in [0.15, 0.2) is 6.29 Å². The van der Waals surface area contributed by atoms with Gasteiger partial charge in [-0.3, -0.25) is 9.78 Å². The fourth-order valence-electron chi connectivity index (χ4n) is 1.41. The van der Waals surface area contributed by atoms with Crippen molar-refractivity contribution in [2.75, 3.05) is 0 Å². The Morgan fingerprint density at radius 1 is 1.24 bits per heavy atom. The second kappa shape index (κ2) is 5.21.